The third-order valence-electron chi connectivity index (χ3n) is 3.85. The lowest BCUT2D eigenvalue weighted by Gasteiger charge is -2.13. The summed E-state index contributed by atoms with van der Waals surface area (Å²) < 4.78 is 12.0. The maximum atomic E-state index is 12.0. The number of methoxy groups -OCH3 is 1. The first-order valence-electron chi connectivity index (χ1n) is 8.55. The molecule has 1 aromatic heterocycles. The monoisotopic (exact) mass is 473 g/mol. The summed E-state index contributed by atoms with van der Waals surface area (Å²) in [5.41, 5.74) is 4.59. The molecule has 0 radical (unpaired) electrons. The van der Waals surface area contributed by atoms with E-state index in [9.17, 15) is 4.79 Å². The van der Waals surface area contributed by atoms with Gasteiger partial charge in [0.2, 0.25) is 0 Å². The van der Waals surface area contributed by atoms with Gasteiger partial charge in [0.15, 0.2) is 11.5 Å². The lowest BCUT2D eigenvalue weighted by atomic mass is 10.2. The Morgan fingerprint density at radius 1 is 1.28 bits per heavy atom. The normalized spacial score (nSPS) is 10.7. The SMILES string of the molecule is COc1cc(/C=N\NC(=O)c2cccnc2)cc(Br)c1OCc1ccc(Cl)cc1. The number of rotatable bonds is 7. The molecule has 0 unspecified atom stereocenters. The minimum absolute atomic E-state index is 0.344. The number of ether oxygens (including phenoxy) is 2. The van der Waals surface area contributed by atoms with Crippen LogP contribution in [0.25, 0.3) is 0 Å². The highest BCUT2D eigenvalue weighted by Crippen LogP contribution is 2.36. The summed E-state index contributed by atoms with van der Waals surface area (Å²) in [7, 11) is 1.56. The maximum Gasteiger partial charge on any atom is 0.272 e. The molecule has 2 aromatic carbocycles. The van der Waals surface area contributed by atoms with E-state index in [4.69, 9.17) is 21.1 Å². The molecule has 0 aliphatic heterocycles. The first-order valence-corrected chi connectivity index (χ1v) is 9.72. The molecular weight excluding hydrogens is 458 g/mol. The quantitative estimate of drug-likeness (QED) is 0.392. The molecule has 0 saturated carbocycles. The lowest BCUT2D eigenvalue weighted by Crippen LogP contribution is -2.17. The van der Waals surface area contributed by atoms with E-state index in [1.807, 2.05) is 30.3 Å². The van der Waals surface area contributed by atoms with Crippen LogP contribution in [0, 0.1) is 0 Å². The standard InChI is InChI=1S/C21H17BrClN3O3/c1-28-19-10-15(11-25-26-21(27)16-3-2-8-24-12-16)9-18(22)20(19)29-13-14-4-6-17(23)7-5-14/h2-12H,13H2,1H3,(H,26,27)/b25-11-. The first-order chi connectivity index (χ1) is 14.1. The van der Waals surface area contributed by atoms with Crippen molar-refractivity contribution in [2.24, 2.45) is 5.10 Å². The van der Waals surface area contributed by atoms with Gasteiger partial charge in [-0.15, -0.1) is 0 Å². The third-order valence-corrected chi connectivity index (χ3v) is 4.69. The minimum Gasteiger partial charge on any atom is -0.493 e. The summed E-state index contributed by atoms with van der Waals surface area (Å²) in [6, 6.07) is 14.3. The molecule has 3 aromatic rings. The highest BCUT2D eigenvalue weighted by atomic mass is 79.9. The van der Waals surface area contributed by atoms with Crippen molar-refractivity contribution in [2.45, 2.75) is 6.61 Å². The van der Waals surface area contributed by atoms with E-state index >= 15 is 0 Å². The van der Waals surface area contributed by atoms with Crippen LogP contribution in [0.1, 0.15) is 21.5 Å². The van der Waals surface area contributed by atoms with Gasteiger partial charge < -0.3 is 9.47 Å². The molecule has 0 spiro atoms. The second kappa shape index (κ2) is 10.0. The highest BCUT2D eigenvalue weighted by molar-refractivity contribution is 9.10. The van der Waals surface area contributed by atoms with Crippen molar-refractivity contribution in [3.05, 3.63) is 87.1 Å². The molecule has 0 bridgehead atoms. The molecule has 0 aliphatic carbocycles. The van der Waals surface area contributed by atoms with Crippen LogP contribution in [-0.2, 0) is 6.61 Å². The zero-order chi connectivity index (χ0) is 20.6. The van der Waals surface area contributed by atoms with Gasteiger partial charge in [0.25, 0.3) is 5.91 Å². The minimum atomic E-state index is -0.344. The lowest BCUT2D eigenvalue weighted by molar-refractivity contribution is 0.0955. The van der Waals surface area contributed by atoms with E-state index in [1.54, 1.807) is 31.5 Å². The number of halogens is 2. The number of amides is 1. The number of aromatic nitrogens is 1. The van der Waals surface area contributed by atoms with Gasteiger partial charge >= 0.3 is 0 Å². The van der Waals surface area contributed by atoms with E-state index in [0.717, 1.165) is 11.1 Å². The Morgan fingerprint density at radius 2 is 2.07 bits per heavy atom. The number of hydrogen-bond acceptors (Lipinski definition) is 5. The number of hydrazone groups is 1. The Hall–Kier alpha value is -2.90. The van der Waals surface area contributed by atoms with Crippen molar-refractivity contribution in [3.8, 4) is 11.5 Å². The Balaban J connectivity index is 1.68. The smallest absolute Gasteiger partial charge is 0.272 e. The van der Waals surface area contributed by atoms with E-state index < -0.39 is 0 Å². The number of carbonyl (C=O) groups excluding carboxylic acids is 1. The third kappa shape index (κ3) is 5.79. The number of nitrogens with zero attached hydrogens (tertiary/aromatic N) is 2. The van der Waals surface area contributed by atoms with E-state index in [0.29, 0.717) is 33.2 Å². The van der Waals surface area contributed by atoms with Crippen molar-refractivity contribution in [3.63, 3.8) is 0 Å². The van der Waals surface area contributed by atoms with E-state index in [2.05, 4.69) is 31.4 Å². The Labute approximate surface area is 181 Å². The number of pyridine rings is 1. The van der Waals surface area contributed by atoms with Crippen LogP contribution in [0.5, 0.6) is 11.5 Å². The molecule has 1 amide bonds. The molecular formula is C21H17BrClN3O3. The van der Waals surface area contributed by atoms with Crippen molar-refractivity contribution in [2.75, 3.05) is 7.11 Å². The summed E-state index contributed by atoms with van der Waals surface area (Å²) >= 11 is 9.40. The topological polar surface area (TPSA) is 72.8 Å². The Kier molecular flexibility index (Phi) is 7.21. The number of hydrogen-bond donors (Lipinski definition) is 1. The summed E-state index contributed by atoms with van der Waals surface area (Å²) in [6.07, 6.45) is 4.59. The molecule has 0 fully saturated rings. The van der Waals surface area contributed by atoms with Gasteiger partial charge in [-0.3, -0.25) is 9.78 Å². The largest absolute Gasteiger partial charge is 0.493 e. The number of benzene rings is 2. The van der Waals surface area contributed by atoms with Gasteiger partial charge in [0.05, 0.1) is 23.4 Å². The fourth-order valence-corrected chi connectivity index (χ4v) is 3.12. The highest BCUT2D eigenvalue weighted by Gasteiger charge is 2.12. The average Bonchev–Trinajstić information content (AvgIpc) is 2.74. The van der Waals surface area contributed by atoms with Crippen molar-refractivity contribution >= 4 is 39.7 Å². The van der Waals surface area contributed by atoms with Gasteiger partial charge in [0.1, 0.15) is 6.61 Å². The number of nitrogens with one attached hydrogen (secondary N) is 1. The van der Waals surface area contributed by atoms with Crippen molar-refractivity contribution in [1.29, 1.82) is 0 Å². The van der Waals surface area contributed by atoms with Gasteiger partial charge in [-0.25, -0.2) is 5.43 Å². The Morgan fingerprint density at radius 3 is 2.76 bits per heavy atom. The summed E-state index contributed by atoms with van der Waals surface area (Å²) in [5, 5.41) is 4.66. The van der Waals surface area contributed by atoms with Gasteiger partial charge in [-0.2, -0.15) is 5.10 Å². The first kappa shape index (κ1) is 20.8. The molecule has 6 nitrogen and oxygen atoms in total. The predicted octanol–water partition coefficient (Wildman–Crippen LogP) is 4.85. The number of carbonyl (C=O) groups is 1. The van der Waals surface area contributed by atoms with E-state index in [-0.39, 0.29) is 5.91 Å². The van der Waals surface area contributed by atoms with Crippen LogP contribution in [0.2, 0.25) is 5.02 Å². The van der Waals surface area contributed by atoms with Crippen LogP contribution in [-0.4, -0.2) is 24.2 Å². The zero-order valence-electron chi connectivity index (χ0n) is 15.4. The zero-order valence-corrected chi connectivity index (χ0v) is 17.8. The van der Waals surface area contributed by atoms with Gasteiger partial charge in [-0.05, 0) is 63.5 Å². The fraction of sp³-hybridized carbons (Fsp3) is 0.0952. The van der Waals surface area contributed by atoms with Crippen LogP contribution in [0.4, 0.5) is 0 Å². The molecule has 3 rings (SSSR count). The summed E-state index contributed by atoms with van der Waals surface area (Å²) in [6.45, 7) is 0.362. The Bertz CT molecular complexity index is 1010. The predicted molar refractivity (Wildman–Crippen MR) is 116 cm³/mol. The van der Waals surface area contributed by atoms with Crippen molar-refractivity contribution < 1.29 is 14.3 Å². The molecule has 1 heterocycles. The fourth-order valence-electron chi connectivity index (χ4n) is 2.42. The molecule has 0 atom stereocenters. The van der Waals surface area contributed by atoms with Crippen LogP contribution in [0.3, 0.4) is 0 Å². The second-order valence-corrected chi connectivity index (χ2v) is 7.18. The van der Waals surface area contributed by atoms with E-state index in [1.165, 1.54) is 12.4 Å². The molecule has 29 heavy (non-hydrogen) atoms. The van der Waals surface area contributed by atoms with Crippen LogP contribution in [0.15, 0.2) is 70.5 Å². The maximum absolute atomic E-state index is 12.0. The summed E-state index contributed by atoms with van der Waals surface area (Å²) in [4.78, 5) is 15.9. The molecule has 0 aliphatic rings. The van der Waals surface area contributed by atoms with Crippen LogP contribution < -0.4 is 14.9 Å². The average molecular weight is 475 g/mol. The molecule has 1 N–H and O–H groups in total. The molecule has 148 valence electrons. The molecule has 8 heteroatoms. The summed E-state index contributed by atoms with van der Waals surface area (Å²) in [5.74, 6) is 0.760. The van der Waals surface area contributed by atoms with Gasteiger partial charge in [0, 0.05) is 17.4 Å². The van der Waals surface area contributed by atoms with Crippen molar-refractivity contribution in [1.82, 2.24) is 10.4 Å². The second-order valence-electron chi connectivity index (χ2n) is 5.89. The molecule has 0 saturated heterocycles. The van der Waals surface area contributed by atoms with Gasteiger partial charge in [-0.1, -0.05) is 23.7 Å². The van der Waals surface area contributed by atoms with Crippen LogP contribution >= 0.6 is 27.5 Å².